The maximum Gasteiger partial charge on any atom is 0.267 e. The molecule has 0 radical (unpaired) electrons. The summed E-state index contributed by atoms with van der Waals surface area (Å²) < 4.78 is 0. The van der Waals surface area contributed by atoms with Gasteiger partial charge in [-0.2, -0.15) is 5.10 Å². The minimum Gasteiger partial charge on any atom is -0.268 e. The lowest BCUT2D eigenvalue weighted by Gasteiger charge is -2.48. The molecule has 3 rings (SSSR count). The van der Waals surface area contributed by atoms with Crippen molar-refractivity contribution in [3.8, 4) is 0 Å². The van der Waals surface area contributed by atoms with Crippen molar-refractivity contribution in [3.05, 3.63) is 27.2 Å². The average molecular weight is 246 g/mol. The Balaban J connectivity index is 2.35. The summed E-state index contributed by atoms with van der Waals surface area (Å²) in [5.41, 5.74) is 3.72. The van der Waals surface area contributed by atoms with Crippen molar-refractivity contribution < 1.29 is 0 Å². The van der Waals surface area contributed by atoms with Crippen LogP contribution in [0.15, 0.2) is 4.79 Å². The molecule has 2 aliphatic rings. The van der Waals surface area contributed by atoms with E-state index in [2.05, 4.69) is 31.0 Å². The zero-order chi connectivity index (χ0) is 13.1. The minimum absolute atomic E-state index is 0.0108. The molecule has 1 aromatic rings. The van der Waals surface area contributed by atoms with Gasteiger partial charge in [0.25, 0.3) is 5.56 Å². The van der Waals surface area contributed by atoms with Crippen LogP contribution in [-0.4, -0.2) is 10.2 Å². The van der Waals surface area contributed by atoms with Gasteiger partial charge >= 0.3 is 0 Å². The van der Waals surface area contributed by atoms with Crippen molar-refractivity contribution in [1.29, 1.82) is 0 Å². The highest BCUT2D eigenvalue weighted by Gasteiger charge is 2.59. The molecule has 0 spiro atoms. The molecule has 1 aromatic heterocycles. The minimum atomic E-state index is -0.0108. The zero-order valence-electron chi connectivity index (χ0n) is 11.8. The Kier molecular flexibility index (Phi) is 2.30. The van der Waals surface area contributed by atoms with Crippen molar-refractivity contribution in [2.24, 2.45) is 5.41 Å². The normalized spacial score (nSPS) is 37.7. The van der Waals surface area contributed by atoms with E-state index >= 15 is 0 Å². The van der Waals surface area contributed by atoms with Crippen molar-refractivity contribution in [2.75, 3.05) is 0 Å². The number of aromatic amines is 1. The second kappa shape index (κ2) is 3.46. The van der Waals surface area contributed by atoms with Crippen LogP contribution in [0.1, 0.15) is 69.2 Å². The lowest BCUT2D eigenvalue weighted by Crippen LogP contribution is -2.42. The molecule has 1 heterocycles. The maximum absolute atomic E-state index is 11.9. The first-order valence-electron chi connectivity index (χ1n) is 7.05. The van der Waals surface area contributed by atoms with Crippen LogP contribution < -0.4 is 5.56 Å². The van der Waals surface area contributed by atoms with Crippen LogP contribution in [0.5, 0.6) is 0 Å². The first kappa shape index (κ1) is 11.9. The van der Waals surface area contributed by atoms with Crippen molar-refractivity contribution in [2.45, 2.75) is 64.7 Å². The number of hydrogen-bond acceptors (Lipinski definition) is 2. The Morgan fingerprint density at radius 3 is 2.83 bits per heavy atom. The summed E-state index contributed by atoms with van der Waals surface area (Å²) >= 11 is 0. The number of aromatic nitrogens is 2. The van der Waals surface area contributed by atoms with Crippen LogP contribution in [0.4, 0.5) is 0 Å². The Morgan fingerprint density at radius 2 is 2.17 bits per heavy atom. The monoisotopic (exact) mass is 246 g/mol. The van der Waals surface area contributed by atoms with Gasteiger partial charge in [0, 0.05) is 11.0 Å². The van der Waals surface area contributed by atoms with Crippen LogP contribution >= 0.6 is 0 Å². The fourth-order valence-corrected chi connectivity index (χ4v) is 4.53. The summed E-state index contributed by atoms with van der Waals surface area (Å²) in [7, 11) is 0. The molecule has 1 N–H and O–H groups in total. The number of nitrogens with zero attached hydrogens (tertiary/aromatic N) is 1. The maximum atomic E-state index is 11.9. The van der Waals surface area contributed by atoms with Crippen molar-refractivity contribution in [1.82, 2.24) is 10.2 Å². The van der Waals surface area contributed by atoms with E-state index < -0.39 is 0 Å². The predicted molar refractivity (Wildman–Crippen MR) is 71.9 cm³/mol. The van der Waals surface area contributed by atoms with Gasteiger partial charge in [-0.25, -0.2) is 5.10 Å². The van der Waals surface area contributed by atoms with Gasteiger partial charge in [0.1, 0.15) is 0 Å². The van der Waals surface area contributed by atoms with Crippen LogP contribution in [0.25, 0.3) is 0 Å². The molecular formula is C15H22N2O. The fraction of sp³-hybridized carbons (Fsp3) is 0.733. The summed E-state index contributed by atoms with van der Waals surface area (Å²) in [6.45, 7) is 8.97. The van der Waals surface area contributed by atoms with Gasteiger partial charge in [0.05, 0.1) is 5.69 Å². The first-order valence-corrected chi connectivity index (χ1v) is 7.05. The lowest BCUT2D eigenvalue weighted by molar-refractivity contribution is 0.0797. The van der Waals surface area contributed by atoms with Gasteiger partial charge in [-0.05, 0) is 43.1 Å². The Morgan fingerprint density at radius 1 is 1.44 bits per heavy atom. The van der Waals surface area contributed by atoms with E-state index in [4.69, 9.17) is 0 Å². The third-order valence-corrected chi connectivity index (χ3v) is 6.07. The fourth-order valence-electron chi connectivity index (χ4n) is 4.53. The molecular weight excluding hydrogens is 224 g/mol. The second-order valence-electron chi connectivity index (χ2n) is 6.49. The number of nitrogens with one attached hydrogen (secondary N) is 1. The molecule has 3 heteroatoms. The van der Waals surface area contributed by atoms with Gasteiger partial charge in [0.2, 0.25) is 0 Å². The Bertz CT molecular complexity index is 562. The van der Waals surface area contributed by atoms with Crippen molar-refractivity contribution in [3.63, 3.8) is 0 Å². The van der Waals surface area contributed by atoms with E-state index in [1.807, 2.05) is 6.92 Å². The smallest absolute Gasteiger partial charge is 0.267 e. The number of H-pyrrole nitrogens is 1. The molecule has 3 atom stereocenters. The first-order chi connectivity index (χ1) is 8.45. The van der Waals surface area contributed by atoms with E-state index in [-0.39, 0.29) is 16.4 Å². The SMILES string of the molecule is CCC1(C)C2CCCC1(C)c1n[nH]c(=O)c(C)c12. The molecule has 1 saturated carbocycles. The summed E-state index contributed by atoms with van der Waals surface area (Å²) in [5, 5.41) is 7.13. The topological polar surface area (TPSA) is 45.8 Å². The molecule has 0 amide bonds. The number of hydrogen-bond donors (Lipinski definition) is 1. The summed E-state index contributed by atoms with van der Waals surface area (Å²) in [4.78, 5) is 11.9. The highest BCUT2D eigenvalue weighted by molar-refractivity contribution is 5.46. The predicted octanol–water partition coefficient (Wildman–Crippen LogP) is 3.03. The van der Waals surface area contributed by atoms with Gasteiger partial charge in [0.15, 0.2) is 0 Å². The highest BCUT2D eigenvalue weighted by Crippen LogP contribution is 2.66. The van der Waals surface area contributed by atoms with Gasteiger partial charge in [-0.15, -0.1) is 0 Å². The molecule has 0 saturated heterocycles. The van der Waals surface area contributed by atoms with E-state index in [9.17, 15) is 4.79 Å². The molecule has 3 nitrogen and oxygen atoms in total. The molecule has 0 aliphatic heterocycles. The third kappa shape index (κ3) is 1.11. The van der Waals surface area contributed by atoms with Crippen LogP contribution in [-0.2, 0) is 5.41 Å². The molecule has 2 bridgehead atoms. The Labute approximate surface area is 108 Å². The molecule has 0 aromatic carbocycles. The number of fused-ring (bicyclic) bond motifs is 5. The standard InChI is InChI=1S/C15H22N2O/c1-5-14(3)10-7-6-8-15(14,4)12-11(10)9(2)13(18)17-16-12/h10H,5-8H2,1-4H3,(H,17,18). The van der Waals surface area contributed by atoms with Crippen LogP contribution in [0.3, 0.4) is 0 Å². The average Bonchev–Trinajstić information content (AvgIpc) is 2.48. The second-order valence-corrected chi connectivity index (χ2v) is 6.49. The Hall–Kier alpha value is -1.12. The third-order valence-electron chi connectivity index (χ3n) is 6.07. The van der Waals surface area contributed by atoms with E-state index in [0.29, 0.717) is 5.92 Å². The highest BCUT2D eigenvalue weighted by atomic mass is 16.1. The lowest BCUT2D eigenvalue weighted by atomic mass is 9.56. The quantitative estimate of drug-likeness (QED) is 0.828. The van der Waals surface area contributed by atoms with Crippen LogP contribution in [0.2, 0.25) is 0 Å². The van der Waals surface area contributed by atoms with Crippen LogP contribution in [0, 0.1) is 12.3 Å². The molecule has 98 valence electrons. The van der Waals surface area contributed by atoms with E-state index in [1.165, 1.54) is 30.5 Å². The molecule has 3 unspecified atom stereocenters. The van der Waals surface area contributed by atoms with E-state index in [0.717, 1.165) is 12.0 Å². The summed E-state index contributed by atoms with van der Waals surface area (Å²) in [6.07, 6.45) is 4.80. The summed E-state index contributed by atoms with van der Waals surface area (Å²) in [5.74, 6) is 0.519. The number of rotatable bonds is 1. The van der Waals surface area contributed by atoms with Gasteiger partial charge < -0.3 is 0 Å². The van der Waals surface area contributed by atoms with Crippen molar-refractivity contribution >= 4 is 0 Å². The van der Waals surface area contributed by atoms with E-state index in [1.54, 1.807) is 0 Å². The van der Waals surface area contributed by atoms with Gasteiger partial charge in [-0.3, -0.25) is 4.79 Å². The molecule has 1 fully saturated rings. The largest absolute Gasteiger partial charge is 0.268 e. The molecule has 18 heavy (non-hydrogen) atoms. The zero-order valence-corrected chi connectivity index (χ0v) is 11.8. The molecule has 2 aliphatic carbocycles. The van der Waals surface area contributed by atoms with Gasteiger partial charge in [-0.1, -0.05) is 27.2 Å². The summed E-state index contributed by atoms with van der Waals surface area (Å²) in [6, 6.07) is 0.